The van der Waals surface area contributed by atoms with Crippen LogP contribution < -0.4 is 29.6 Å². The predicted molar refractivity (Wildman–Crippen MR) is 115 cm³/mol. The van der Waals surface area contributed by atoms with Crippen LogP contribution in [0.1, 0.15) is 97.7 Å². The first-order valence-electron chi connectivity index (χ1n) is 9.94. The zero-order valence-corrected chi connectivity index (χ0v) is 21.3. The van der Waals surface area contributed by atoms with Gasteiger partial charge in [0.2, 0.25) is 0 Å². The molecule has 4 nitrogen and oxygen atoms in total. The van der Waals surface area contributed by atoms with Crippen LogP contribution in [0.15, 0.2) is 0 Å². The third-order valence-corrected chi connectivity index (χ3v) is 5.76. The molecule has 0 aromatic rings. The summed E-state index contributed by atoms with van der Waals surface area (Å²) in [5, 5.41) is 0.166. The molecule has 0 aromatic carbocycles. The Kier molecular flexibility index (Phi) is 24.8. The predicted octanol–water partition coefficient (Wildman–Crippen LogP) is 3.29. The maximum Gasteiger partial charge on any atom is 1.00 e. The molecule has 0 amide bonds. The fraction of sp³-hybridized carbons (Fsp3) is 1.00. The van der Waals surface area contributed by atoms with Crippen molar-refractivity contribution in [1.29, 1.82) is 0 Å². The van der Waals surface area contributed by atoms with E-state index in [1.807, 2.05) is 0 Å². The Bertz CT molecular complexity index is 338. The number of hydrogen-bond acceptors (Lipinski definition) is 4. The number of phosphoric ester groups is 1. The van der Waals surface area contributed by atoms with Gasteiger partial charge in [0.05, 0.1) is 6.61 Å². The average molecular weight is 439 g/mol. The molecule has 1 unspecified atom stereocenters. The van der Waals surface area contributed by atoms with Crippen LogP contribution in [0.25, 0.3) is 0 Å². The topological polar surface area (TPSA) is 66.8 Å². The first kappa shape index (κ1) is 30.0. The molecule has 0 aromatic heterocycles. The van der Waals surface area contributed by atoms with E-state index in [2.05, 4.69) is 29.8 Å². The van der Waals surface area contributed by atoms with E-state index in [0.717, 1.165) is 18.6 Å². The smallest absolute Gasteiger partial charge is 1.00 e. The van der Waals surface area contributed by atoms with Crippen LogP contribution in [-0.4, -0.2) is 27.4 Å². The van der Waals surface area contributed by atoms with Gasteiger partial charge >= 0.3 is 37.4 Å². The third-order valence-electron chi connectivity index (χ3n) is 4.41. The van der Waals surface area contributed by atoms with E-state index in [4.69, 9.17) is 9.79 Å². The Labute approximate surface area is 195 Å². The van der Waals surface area contributed by atoms with Crippen molar-refractivity contribution in [3.8, 4) is 0 Å². The molecule has 0 spiro atoms. The van der Waals surface area contributed by atoms with E-state index >= 15 is 0 Å². The van der Waals surface area contributed by atoms with Crippen molar-refractivity contribution in [2.45, 2.75) is 102 Å². The second-order valence-electron chi connectivity index (χ2n) is 6.87. The van der Waals surface area contributed by atoms with Gasteiger partial charge in [0.25, 0.3) is 0 Å². The van der Waals surface area contributed by atoms with E-state index < -0.39 is 7.82 Å². The summed E-state index contributed by atoms with van der Waals surface area (Å²) >= 11 is 8.67. The Morgan fingerprint density at radius 1 is 0.769 bits per heavy atom. The standard InChI is InChI=1S/C18H39O4PS2.Na.H/c19-23(20,21)22-16-15-18(25)14-12-10-8-6-4-2-1-3-5-7-9-11-13-17-24;;/h18,24-25H,1-17H2,(H2,19,20,21);;/q;+1;-1. The van der Waals surface area contributed by atoms with Gasteiger partial charge in [0.15, 0.2) is 0 Å². The monoisotopic (exact) mass is 438 g/mol. The molecule has 0 aliphatic heterocycles. The first-order valence-corrected chi connectivity index (χ1v) is 12.6. The molecule has 0 saturated carbocycles. The maximum absolute atomic E-state index is 10.6. The van der Waals surface area contributed by atoms with Gasteiger partial charge in [-0.1, -0.05) is 77.0 Å². The summed E-state index contributed by atoms with van der Waals surface area (Å²) in [5.41, 5.74) is 0. The fourth-order valence-electron chi connectivity index (χ4n) is 2.89. The molecule has 26 heavy (non-hydrogen) atoms. The van der Waals surface area contributed by atoms with Crippen LogP contribution in [0.4, 0.5) is 0 Å². The van der Waals surface area contributed by atoms with E-state index in [-0.39, 0.29) is 42.8 Å². The van der Waals surface area contributed by atoms with Crippen LogP contribution in [0.5, 0.6) is 0 Å². The summed E-state index contributed by atoms with van der Waals surface area (Å²) in [4.78, 5) is 17.2. The second kappa shape index (κ2) is 21.5. The molecule has 154 valence electrons. The SMILES string of the molecule is O=P(O)(O)OCCC(S)CCCCCCCCCCCCCCCS.[H-].[Na+]. The Hall–Kier alpha value is 1.81. The van der Waals surface area contributed by atoms with Crippen LogP contribution in [0.2, 0.25) is 0 Å². The van der Waals surface area contributed by atoms with Gasteiger partial charge < -0.3 is 11.2 Å². The van der Waals surface area contributed by atoms with E-state index in [1.54, 1.807) is 0 Å². The average Bonchev–Trinajstić information content (AvgIpc) is 2.54. The maximum atomic E-state index is 10.6. The molecular formula is C18H40NaO4PS2. The number of hydrogen-bond donors (Lipinski definition) is 4. The minimum Gasteiger partial charge on any atom is -1.00 e. The molecular weight excluding hydrogens is 398 g/mol. The molecule has 0 bridgehead atoms. The largest absolute Gasteiger partial charge is 1.00 e. The molecule has 0 fully saturated rings. The van der Waals surface area contributed by atoms with Crippen LogP contribution >= 0.6 is 33.1 Å². The van der Waals surface area contributed by atoms with Crippen molar-refractivity contribution in [2.75, 3.05) is 12.4 Å². The molecule has 0 radical (unpaired) electrons. The Balaban J connectivity index is -0.00000288. The third kappa shape index (κ3) is 25.8. The van der Waals surface area contributed by atoms with Gasteiger partial charge in [-0.05, 0) is 25.0 Å². The molecule has 1 atom stereocenters. The minimum atomic E-state index is -4.32. The van der Waals surface area contributed by atoms with Crippen LogP contribution in [-0.2, 0) is 9.09 Å². The minimum absolute atomic E-state index is 0. The summed E-state index contributed by atoms with van der Waals surface area (Å²) in [5.74, 6) is 1.03. The fourth-order valence-corrected chi connectivity index (χ4v) is 3.74. The zero-order chi connectivity index (χ0) is 18.8. The normalized spacial score (nSPS) is 12.8. The zero-order valence-electron chi connectivity index (χ0n) is 17.7. The molecule has 0 heterocycles. The van der Waals surface area contributed by atoms with Gasteiger partial charge in [0.1, 0.15) is 0 Å². The number of unbranched alkanes of at least 4 members (excludes halogenated alkanes) is 12. The van der Waals surface area contributed by atoms with Gasteiger partial charge in [-0.3, -0.25) is 4.52 Å². The van der Waals surface area contributed by atoms with Crippen molar-refractivity contribution in [3.63, 3.8) is 0 Å². The van der Waals surface area contributed by atoms with Gasteiger partial charge in [0, 0.05) is 5.25 Å². The quantitative estimate of drug-likeness (QED) is 0.108. The molecule has 2 N–H and O–H groups in total. The molecule has 0 aliphatic carbocycles. The summed E-state index contributed by atoms with van der Waals surface area (Å²) in [7, 11) is -4.32. The Morgan fingerprint density at radius 2 is 1.15 bits per heavy atom. The summed E-state index contributed by atoms with van der Waals surface area (Å²) in [6, 6.07) is 0. The van der Waals surface area contributed by atoms with Crippen molar-refractivity contribution < 1.29 is 49.9 Å². The van der Waals surface area contributed by atoms with E-state index in [0.29, 0.717) is 6.42 Å². The summed E-state index contributed by atoms with van der Waals surface area (Å²) in [6.45, 7) is 0.0770. The molecule has 8 heteroatoms. The molecule has 0 saturated heterocycles. The second-order valence-corrected chi connectivity index (χ2v) is 9.29. The van der Waals surface area contributed by atoms with Gasteiger partial charge in [-0.25, -0.2) is 4.57 Å². The summed E-state index contributed by atoms with van der Waals surface area (Å²) < 4.78 is 15.0. The van der Waals surface area contributed by atoms with Crippen LogP contribution in [0.3, 0.4) is 0 Å². The van der Waals surface area contributed by atoms with Crippen molar-refractivity contribution in [2.24, 2.45) is 0 Å². The van der Waals surface area contributed by atoms with Crippen molar-refractivity contribution in [3.05, 3.63) is 0 Å². The molecule has 0 rings (SSSR count). The number of rotatable bonds is 19. The van der Waals surface area contributed by atoms with E-state index in [9.17, 15) is 4.57 Å². The van der Waals surface area contributed by atoms with E-state index in [1.165, 1.54) is 77.0 Å². The van der Waals surface area contributed by atoms with Crippen LogP contribution in [0, 0.1) is 0 Å². The van der Waals surface area contributed by atoms with Crippen molar-refractivity contribution >= 4 is 33.1 Å². The first-order chi connectivity index (χ1) is 12.0. The Morgan fingerprint density at radius 3 is 1.54 bits per heavy atom. The van der Waals surface area contributed by atoms with Gasteiger partial charge in [-0.2, -0.15) is 25.3 Å². The number of thiol groups is 2. The summed E-state index contributed by atoms with van der Waals surface area (Å²) in [6.07, 6.45) is 18.8. The molecule has 0 aliphatic rings. The van der Waals surface area contributed by atoms with Crippen molar-refractivity contribution in [1.82, 2.24) is 0 Å². The number of phosphoric acid groups is 1. The van der Waals surface area contributed by atoms with Gasteiger partial charge in [-0.15, -0.1) is 0 Å².